The molecule has 0 aliphatic heterocycles. The highest BCUT2D eigenvalue weighted by Crippen LogP contribution is 2.15. The molecule has 1 heterocycles. The molecule has 3 aromatic rings. The molecule has 6 nitrogen and oxygen atoms in total. The van der Waals surface area contributed by atoms with Crippen LogP contribution in [0, 0.1) is 17.0 Å². The van der Waals surface area contributed by atoms with Crippen LogP contribution >= 0.6 is 0 Å². The van der Waals surface area contributed by atoms with Gasteiger partial charge in [-0.25, -0.2) is 9.66 Å². The zero-order valence-electron chi connectivity index (χ0n) is 11.3. The van der Waals surface area contributed by atoms with Crippen molar-refractivity contribution in [3.63, 3.8) is 0 Å². The predicted molar refractivity (Wildman–Crippen MR) is 80.6 cm³/mol. The quantitative estimate of drug-likeness (QED) is 0.420. The summed E-state index contributed by atoms with van der Waals surface area (Å²) in [6.45, 7) is 1.88. The molecule has 0 saturated heterocycles. The van der Waals surface area contributed by atoms with E-state index in [0.29, 0.717) is 0 Å². The number of aryl methyl sites for hydroxylation is 1. The van der Waals surface area contributed by atoms with E-state index in [9.17, 15) is 10.1 Å². The van der Waals surface area contributed by atoms with Crippen LogP contribution in [0.5, 0.6) is 0 Å². The average Bonchev–Trinajstić information content (AvgIpc) is 2.81. The topological polar surface area (TPSA) is 73.3 Å². The van der Waals surface area contributed by atoms with Crippen LogP contribution in [0.1, 0.15) is 11.4 Å². The van der Waals surface area contributed by atoms with Crippen molar-refractivity contribution in [1.29, 1.82) is 0 Å². The summed E-state index contributed by atoms with van der Waals surface area (Å²) in [4.78, 5) is 14.6. The summed E-state index contributed by atoms with van der Waals surface area (Å²) in [6, 6.07) is 14.0. The van der Waals surface area contributed by atoms with Gasteiger partial charge in [-0.1, -0.05) is 12.1 Å². The molecule has 0 aliphatic carbocycles. The Bertz CT molecular complexity index is 835. The second-order valence-electron chi connectivity index (χ2n) is 4.55. The van der Waals surface area contributed by atoms with Crippen LogP contribution in [0.25, 0.3) is 11.0 Å². The monoisotopic (exact) mass is 280 g/mol. The molecular weight excluding hydrogens is 268 g/mol. The second kappa shape index (κ2) is 5.16. The zero-order chi connectivity index (χ0) is 14.8. The summed E-state index contributed by atoms with van der Waals surface area (Å²) in [7, 11) is 0. The van der Waals surface area contributed by atoms with Crippen molar-refractivity contribution in [2.24, 2.45) is 5.10 Å². The highest BCUT2D eigenvalue weighted by atomic mass is 16.6. The molecule has 0 unspecified atom stereocenters. The number of hydrogen-bond acceptors (Lipinski definition) is 4. The molecular formula is C15H12N4O2. The number of non-ortho nitro benzene ring substituents is 1. The zero-order valence-corrected chi connectivity index (χ0v) is 11.3. The van der Waals surface area contributed by atoms with Crippen LogP contribution in [-0.2, 0) is 0 Å². The van der Waals surface area contributed by atoms with Gasteiger partial charge in [0.25, 0.3) is 5.69 Å². The molecule has 0 radical (unpaired) electrons. The van der Waals surface area contributed by atoms with Gasteiger partial charge in [0.2, 0.25) is 0 Å². The first-order valence-corrected chi connectivity index (χ1v) is 6.38. The summed E-state index contributed by atoms with van der Waals surface area (Å²) >= 11 is 0. The molecule has 0 atom stereocenters. The van der Waals surface area contributed by atoms with E-state index in [-0.39, 0.29) is 5.69 Å². The van der Waals surface area contributed by atoms with E-state index in [2.05, 4.69) is 10.1 Å². The number of nitro benzene ring substituents is 1. The van der Waals surface area contributed by atoms with Crippen molar-refractivity contribution in [3.05, 3.63) is 70.0 Å². The van der Waals surface area contributed by atoms with Gasteiger partial charge in [0.15, 0.2) is 0 Å². The minimum absolute atomic E-state index is 0.0661. The van der Waals surface area contributed by atoms with E-state index in [0.717, 1.165) is 22.4 Å². The first-order chi connectivity index (χ1) is 10.1. The number of nitro groups is 1. The highest BCUT2D eigenvalue weighted by Gasteiger charge is 2.05. The second-order valence-corrected chi connectivity index (χ2v) is 4.55. The largest absolute Gasteiger partial charge is 0.269 e. The first kappa shape index (κ1) is 13.0. The SMILES string of the molecule is Cc1nc2ccccc2n1/N=C/c1ccc([N+](=O)[O-])cc1. The van der Waals surface area contributed by atoms with Gasteiger partial charge in [0.1, 0.15) is 5.82 Å². The van der Waals surface area contributed by atoms with Crippen molar-refractivity contribution in [2.45, 2.75) is 6.92 Å². The number of benzene rings is 2. The summed E-state index contributed by atoms with van der Waals surface area (Å²) < 4.78 is 1.75. The molecule has 0 fully saturated rings. The predicted octanol–water partition coefficient (Wildman–Crippen LogP) is 3.14. The van der Waals surface area contributed by atoms with Crippen LogP contribution in [-0.4, -0.2) is 20.8 Å². The van der Waals surface area contributed by atoms with Crippen LogP contribution in [0.4, 0.5) is 5.69 Å². The Morgan fingerprint density at radius 2 is 1.90 bits per heavy atom. The van der Waals surface area contributed by atoms with E-state index < -0.39 is 4.92 Å². The Balaban J connectivity index is 1.94. The normalized spacial score (nSPS) is 11.3. The number of fused-ring (bicyclic) bond motifs is 1. The summed E-state index contributed by atoms with van der Waals surface area (Å²) in [5.74, 6) is 0.786. The number of imidazole rings is 1. The third kappa shape index (κ3) is 2.51. The van der Waals surface area contributed by atoms with E-state index in [1.807, 2.05) is 31.2 Å². The Hall–Kier alpha value is -3.02. The molecule has 6 heteroatoms. The molecule has 0 bridgehead atoms. The lowest BCUT2D eigenvalue weighted by molar-refractivity contribution is -0.384. The van der Waals surface area contributed by atoms with Gasteiger partial charge < -0.3 is 0 Å². The van der Waals surface area contributed by atoms with Gasteiger partial charge in [0.05, 0.1) is 22.2 Å². The molecule has 0 N–H and O–H groups in total. The Kier molecular flexibility index (Phi) is 3.19. The van der Waals surface area contributed by atoms with Gasteiger partial charge in [-0.05, 0) is 36.8 Å². The average molecular weight is 280 g/mol. The van der Waals surface area contributed by atoms with Crippen LogP contribution in [0.2, 0.25) is 0 Å². The van der Waals surface area contributed by atoms with Crippen molar-refractivity contribution >= 4 is 22.9 Å². The van der Waals surface area contributed by atoms with Crippen molar-refractivity contribution in [3.8, 4) is 0 Å². The highest BCUT2D eigenvalue weighted by molar-refractivity contribution is 5.81. The molecule has 3 rings (SSSR count). The fourth-order valence-corrected chi connectivity index (χ4v) is 2.09. The molecule has 0 amide bonds. The van der Waals surface area contributed by atoms with Gasteiger partial charge in [0, 0.05) is 12.1 Å². The molecule has 0 spiro atoms. The Morgan fingerprint density at radius 3 is 2.62 bits per heavy atom. The van der Waals surface area contributed by atoms with Gasteiger partial charge in [-0.15, -0.1) is 0 Å². The third-order valence-corrected chi connectivity index (χ3v) is 3.12. The number of nitrogens with zero attached hydrogens (tertiary/aromatic N) is 4. The van der Waals surface area contributed by atoms with E-state index in [4.69, 9.17) is 0 Å². The fraction of sp³-hybridized carbons (Fsp3) is 0.0667. The number of aromatic nitrogens is 2. The maximum atomic E-state index is 10.6. The van der Waals surface area contributed by atoms with E-state index in [1.54, 1.807) is 23.0 Å². The Labute approximate surface area is 120 Å². The van der Waals surface area contributed by atoms with Crippen LogP contribution < -0.4 is 0 Å². The van der Waals surface area contributed by atoms with Crippen LogP contribution in [0.3, 0.4) is 0 Å². The number of para-hydroxylation sites is 2. The maximum absolute atomic E-state index is 10.6. The summed E-state index contributed by atoms with van der Waals surface area (Å²) in [6.07, 6.45) is 1.66. The minimum Gasteiger partial charge on any atom is -0.258 e. The lowest BCUT2D eigenvalue weighted by Gasteiger charge is -1.98. The fourth-order valence-electron chi connectivity index (χ4n) is 2.09. The van der Waals surface area contributed by atoms with E-state index in [1.165, 1.54) is 12.1 Å². The van der Waals surface area contributed by atoms with Gasteiger partial charge >= 0.3 is 0 Å². The third-order valence-electron chi connectivity index (χ3n) is 3.12. The molecule has 2 aromatic carbocycles. The smallest absolute Gasteiger partial charge is 0.258 e. The molecule has 0 aliphatic rings. The number of rotatable bonds is 3. The van der Waals surface area contributed by atoms with Crippen molar-refractivity contribution in [2.75, 3.05) is 0 Å². The van der Waals surface area contributed by atoms with Gasteiger partial charge in [-0.2, -0.15) is 5.10 Å². The Morgan fingerprint density at radius 1 is 1.19 bits per heavy atom. The molecule has 104 valence electrons. The van der Waals surface area contributed by atoms with Crippen molar-refractivity contribution in [1.82, 2.24) is 9.66 Å². The number of hydrogen-bond donors (Lipinski definition) is 0. The van der Waals surface area contributed by atoms with E-state index >= 15 is 0 Å². The maximum Gasteiger partial charge on any atom is 0.269 e. The van der Waals surface area contributed by atoms with Crippen molar-refractivity contribution < 1.29 is 4.92 Å². The lowest BCUT2D eigenvalue weighted by Crippen LogP contribution is -1.94. The molecule has 0 saturated carbocycles. The first-order valence-electron chi connectivity index (χ1n) is 6.38. The van der Waals surface area contributed by atoms with Gasteiger partial charge in [-0.3, -0.25) is 10.1 Å². The summed E-state index contributed by atoms with van der Waals surface area (Å²) in [5, 5.41) is 15.0. The molecule has 1 aromatic heterocycles. The lowest BCUT2D eigenvalue weighted by atomic mass is 10.2. The standard InChI is InChI=1S/C15H12N4O2/c1-11-17-14-4-2-3-5-15(14)18(11)16-10-12-6-8-13(9-7-12)19(20)21/h2-10H,1H3/b16-10+. The van der Waals surface area contributed by atoms with Crippen LogP contribution in [0.15, 0.2) is 53.6 Å². The summed E-state index contributed by atoms with van der Waals surface area (Å²) in [5.41, 5.74) is 2.67. The molecule has 21 heavy (non-hydrogen) atoms. The minimum atomic E-state index is -0.422.